The van der Waals surface area contributed by atoms with Gasteiger partial charge in [0, 0.05) is 29.0 Å². The predicted octanol–water partition coefficient (Wildman–Crippen LogP) is 4.71. The normalized spacial score (nSPS) is 11.8. The molecule has 0 saturated carbocycles. The van der Waals surface area contributed by atoms with Crippen molar-refractivity contribution in [3.05, 3.63) is 95.9 Å². The third-order valence-corrected chi connectivity index (χ3v) is 4.76. The van der Waals surface area contributed by atoms with E-state index in [9.17, 15) is 9.90 Å². The predicted molar refractivity (Wildman–Crippen MR) is 116 cm³/mol. The molecule has 4 rings (SSSR count). The largest absolute Gasteiger partial charge is 0.505 e. The average Bonchev–Trinajstić information content (AvgIpc) is 2.79. The van der Waals surface area contributed by atoms with Crippen LogP contribution < -0.4 is 5.32 Å². The van der Waals surface area contributed by atoms with Crippen molar-refractivity contribution in [3.8, 4) is 5.75 Å². The minimum Gasteiger partial charge on any atom is -0.505 e. The lowest BCUT2D eigenvalue weighted by molar-refractivity contribution is 0.0526. The topological polar surface area (TPSA) is 84.3 Å². The van der Waals surface area contributed by atoms with Gasteiger partial charge in [0.05, 0.1) is 23.9 Å². The molecule has 2 heterocycles. The van der Waals surface area contributed by atoms with E-state index in [1.54, 1.807) is 37.5 Å². The van der Waals surface area contributed by atoms with Gasteiger partial charge < -0.3 is 15.2 Å². The molecule has 2 aromatic carbocycles. The van der Waals surface area contributed by atoms with Gasteiger partial charge in [0.15, 0.2) is 0 Å². The Morgan fingerprint density at radius 1 is 1.03 bits per heavy atom. The number of nitrogens with one attached hydrogen (secondary N) is 1. The quantitative estimate of drug-likeness (QED) is 0.457. The maximum absolute atomic E-state index is 12.1. The first-order valence-corrected chi connectivity index (χ1v) is 9.68. The van der Waals surface area contributed by atoms with Crippen LogP contribution in [0.3, 0.4) is 0 Å². The molecule has 0 fully saturated rings. The number of ether oxygens (including phenoxy) is 1. The Kier molecular flexibility index (Phi) is 5.57. The zero-order chi connectivity index (χ0) is 20.9. The lowest BCUT2D eigenvalue weighted by Crippen LogP contribution is -2.15. The molecule has 0 aliphatic rings. The van der Waals surface area contributed by atoms with E-state index in [0.29, 0.717) is 28.9 Å². The molecule has 30 heavy (non-hydrogen) atoms. The van der Waals surface area contributed by atoms with Crippen molar-refractivity contribution in [2.75, 3.05) is 11.9 Å². The van der Waals surface area contributed by atoms with E-state index in [2.05, 4.69) is 15.3 Å². The Labute approximate surface area is 174 Å². The fraction of sp³-hybridized carbons (Fsp3) is 0.125. The van der Waals surface area contributed by atoms with E-state index in [1.165, 1.54) is 0 Å². The fourth-order valence-electron chi connectivity index (χ4n) is 3.35. The fourth-order valence-corrected chi connectivity index (χ4v) is 3.35. The third kappa shape index (κ3) is 3.93. The van der Waals surface area contributed by atoms with Crippen LogP contribution in [0.25, 0.3) is 10.9 Å². The second-order valence-corrected chi connectivity index (χ2v) is 6.71. The number of anilines is 1. The Hall–Kier alpha value is -3.93. The molecule has 2 aromatic heterocycles. The van der Waals surface area contributed by atoms with Gasteiger partial charge in [0.1, 0.15) is 11.3 Å². The molecule has 150 valence electrons. The second kappa shape index (κ2) is 8.61. The summed E-state index contributed by atoms with van der Waals surface area (Å²) in [7, 11) is 0. The number of aromatic nitrogens is 2. The van der Waals surface area contributed by atoms with Crippen molar-refractivity contribution in [3.63, 3.8) is 0 Å². The molecule has 2 N–H and O–H groups in total. The lowest BCUT2D eigenvalue weighted by atomic mass is 9.99. The molecule has 1 atom stereocenters. The number of fused-ring (bicyclic) bond motifs is 1. The van der Waals surface area contributed by atoms with E-state index < -0.39 is 6.04 Å². The Morgan fingerprint density at radius 3 is 2.70 bits per heavy atom. The SMILES string of the molecule is CCOC(=O)c1cccc(N[C@@H](c2ccccn2)c2ccc3cccnc3c2O)c1. The molecule has 0 bridgehead atoms. The molecule has 6 heteroatoms. The summed E-state index contributed by atoms with van der Waals surface area (Å²) in [6.45, 7) is 2.08. The maximum Gasteiger partial charge on any atom is 0.338 e. The van der Waals surface area contributed by atoms with Crippen molar-refractivity contribution in [1.29, 1.82) is 0 Å². The van der Waals surface area contributed by atoms with Crippen LogP contribution in [-0.2, 0) is 4.74 Å². The molecule has 0 aliphatic heterocycles. The number of carbonyl (C=O) groups is 1. The number of pyridine rings is 2. The number of phenols is 1. The lowest BCUT2D eigenvalue weighted by Gasteiger charge is -2.22. The summed E-state index contributed by atoms with van der Waals surface area (Å²) >= 11 is 0. The van der Waals surface area contributed by atoms with E-state index in [4.69, 9.17) is 4.74 Å². The van der Waals surface area contributed by atoms with Crippen LogP contribution in [0.5, 0.6) is 5.75 Å². The number of hydrogen-bond acceptors (Lipinski definition) is 6. The summed E-state index contributed by atoms with van der Waals surface area (Å²) in [6.07, 6.45) is 3.35. The van der Waals surface area contributed by atoms with E-state index in [-0.39, 0.29) is 11.7 Å². The summed E-state index contributed by atoms with van der Waals surface area (Å²) in [5.74, 6) is -0.286. The summed E-state index contributed by atoms with van der Waals surface area (Å²) < 4.78 is 5.10. The average molecular weight is 399 g/mol. The Bertz CT molecular complexity index is 1180. The minimum absolute atomic E-state index is 0.0952. The molecule has 0 radical (unpaired) electrons. The van der Waals surface area contributed by atoms with Crippen molar-refractivity contribution in [2.45, 2.75) is 13.0 Å². The monoisotopic (exact) mass is 399 g/mol. The smallest absolute Gasteiger partial charge is 0.338 e. The highest BCUT2D eigenvalue weighted by atomic mass is 16.5. The van der Waals surface area contributed by atoms with Crippen LogP contribution in [0.2, 0.25) is 0 Å². The van der Waals surface area contributed by atoms with Gasteiger partial charge in [-0.15, -0.1) is 0 Å². The van der Waals surface area contributed by atoms with Crippen molar-refractivity contribution in [1.82, 2.24) is 9.97 Å². The number of carbonyl (C=O) groups excluding carboxylic acids is 1. The maximum atomic E-state index is 12.1. The molecular weight excluding hydrogens is 378 g/mol. The highest BCUT2D eigenvalue weighted by Crippen LogP contribution is 2.35. The van der Waals surface area contributed by atoms with Crippen molar-refractivity contribution >= 4 is 22.6 Å². The van der Waals surface area contributed by atoms with E-state index >= 15 is 0 Å². The number of phenolic OH excluding ortho intramolecular Hbond substituents is 1. The zero-order valence-corrected chi connectivity index (χ0v) is 16.4. The Morgan fingerprint density at radius 2 is 1.90 bits per heavy atom. The molecule has 0 amide bonds. The highest BCUT2D eigenvalue weighted by molar-refractivity contribution is 5.90. The third-order valence-electron chi connectivity index (χ3n) is 4.76. The summed E-state index contributed by atoms with van der Waals surface area (Å²) in [5.41, 5.74) is 3.05. The first-order chi connectivity index (χ1) is 14.7. The van der Waals surface area contributed by atoms with Crippen LogP contribution in [0.1, 0.15) is 34.6 Å². The van der Waals surface area contributed by atoms with Gasteiger partial charge in [-0.1, -0.05) is 30.3 Å². The number of aromatic hydroxyl groups is 1. The molecule has 0 aliphatic carbocycles. The Balaban J connectivity index is 1.77. The molecule has 0 spiro atoms. The van der Waals surface area contributed by atoms with Gasteiger partial charge in [-0.25, -0.2) is 4.79 Å². The van der Waals surface area contributed by atoms with Crippen LogP contribution in [0.4, 0.5) is 5.69 Å². The van der Waals surface area contributed by atoms with Gasteiger partial charge in [-0.05, 0) is 43.3 Å². The van der Waals surface area contributed by atoms with Gasteiger partial charge in [-0.2, -0.15) is 0 Å². The number of rotatable bonds is 6. The number of nitrogens with zero attached hydrogens (tertiary/aromatic N) is 2. The molecule has 0 unspecified atom stereocenters. The van der Waals surface area contributed by atoms with Crippen LogP contribution >= 0.6 is 0 Å². The van der Waals surface area contributed by atoms with Gasteiger partial charge in [-0.3, -0.25) is 9.97 Å². The highest BCUT2D eigenvalue weighted by Gasteiger charge is 2.21. The van der Waals surface area contributed by atoms with Crippen LogP contribution in [0, 0.1) is 0 Å². The standard InChI is InChI=1S/C24H21N3O3/c1-2-30-24(29)17-7-5-9-18(15-17)27-22(20-10-3-4-13-25-20)19-12-11-16-8-6-14-26-21(16)23(19)28/h3-15,22,27-28H,2H2,1H3/t22-/m1/s1. The van der Waals surface area contributed by atoms with Gasteiger partial charge in [0.25, 0.3) is 0 Å². The summed E-state index contributed by atoms with van der Waals surface area (Å²) in [6, 6.07) is 19.7. The first-order valence-electron chi connectivity index (χ1n) is 9.68. The molecule has 0 saturated heterocycles. The van der Waals surface area contributed by atoms with Crippen molar-refractivity contribution in [2.24, 2.45) is 0 Å². The molecule has 4 aromatic rings. The zero-order valence-electron chi connectivity index (χ0n) is 16.4. The van der Waals surface area contributed by atoms with E-state index in [1.807, 2.05) is 48.5 Å². The first kappa shape index (κ1) is 19.4. The number of esters is 1. The van der Waals surface area contributed by atoms with Gasteiger partial charge >= 0.3 is 5.97 Å². The summed E-state index contributed by atoms with van der Waals surface area (Å²) in [4.78, 5) is 20.9. The second-order valence-electron chi connectivity index (χ2n) is 6.71. The molecular formula is C24H21N3O3. The van der Waals surface area contributed by atoms with Crippen LogP contribution in [-0.4, -0.2) is 27.7 Å². The molecule has 6 nitrogen and oxygen atoms in total. The summed E-state index contributed by atoms with van der Waals surface area (Å²) in [5, 5.41) is 15.2. The van der Waals surface area contributed by atoms with E-state index in [0.717, 1.165) is 11.1 Å². The number of hydrogen-bond donors (Lipinski definition) is 2. The van der Waals surface area contributed by atoms with Crippen LogP contribution in [0.15, 0.2) is 79.1 Å². The number of benzene rings is 2. The van der Waals surface area contributed by atoms with Crippen molar-refractivity contribution < 1.29 is 14.6 Å². The van der Waals surface area contributed by atoms with Gasteiger partial charge in [0.2, 0.25) is 0 Å². The minimum atomic E-state index is -0.449.